The van der Waals surface area contributed by atoms with Gasteiger partial charge in [0.2, 0.25) is 0 Å². The molecule has 1 fully saturated rings. The molecule has 0 aliphatic carbocycles. The summed E-state index contributed by atoms with van der Waals surface area (Å²) in [6, 6.07) is 7.93. The smallest absolute Gasteiger partial charge is 0.183 e. The Morgan fingerprint density at radius 3 is 2.05 bits per heavy atom. The Bertz CT molecular complexity index is 390. The van der Waals surface area contributed by atoms with E-state index in [1.54, 1.807) is 0 Å². The molecule has 0 unspecified atom stereocenters. The second-order valence-electron chi connectivity index (χ2n) is 5.26. The van der Waals surface area contributed by atoms with Crippen LogP contribution in [0.15, 0.2) is 24.3 Å². The zero-order valence-corrected chi connectivity index (χ0v) is 11.4. The normalized spacial score (nSPS) is 19.4. The van der Waals surface area contributed by atoms with Crippen LogP contribution in [0, 0.1) is 5.41 Å². The molecule has 1 heterocycles. The fourth-order valence-electron chi connectivity index (χ4n) is 1.95. The lowest BCUT2D eigenvalue weighted by Crippen LogP contribution is -2.44. The van der Waals surface area contributed by atoms with E-state index in [1.807, 2.05) is 43.3 Å². The Labute approximate surface area is 113 Å². The van der Waals surface area contributed by atoms with Crippen molar-refractivity contribution in [2.75, 3.05) is 45.4 Å². The van der Waals surface area contributed by atoms with E-state index in [0.717, 1.165) is 11.3 Å². The quantitative estimate of drug-likeness (QED) is 0.843. The lowest BCUT2D eigenvalue weighted by molar-refractivity contribution is -0.248. The summed E-state index contributed by atoms with van der Waals surface area (Å²) in [5, 5.41) is 18.5. The maximum atomic E-state index is 9.27. The Morgan fingerprint density at radius 1 is 1.11 bits per heavy atom. The molecule has 2 N–H and O–H groups in total. The number of aliphatic hydroxyl groups excluding tert-OH is 2. The van der Waals surface area contributed by atoms with Gasteiger partial charge in [-0.15, -0.1) is 0 Å². The summed E-state index contributed by atoms with van der Waals surface area (Å²) in [4.78, 5) is 2.02. The molecule has 2 rings (SSSR count). The van der Waals surface area contributed by atoms with Crippen molar-refractivity contribution >= 4 is 5.69 Å². The van der Waals surface area contributed by atoms with Gasteiger partial charge in [-0.25, -0.2) is 0 Å². The first kappa shape index (κ1) is 14.3. The summed E-state index contributed by atoms with van der Waals surface area (Å²) >= 11 is 0. The Kier molecular flexibility index (Phi) is 4.42. The van der Waals surface area contributed by atoms with Gasteiger partial charge < -0.3 is 24.6 Å². The second-order valence-corrected chi connectivity index (χ2v) is 5.26. The van der Waals surface area contributed by atoms with Crippen molar-refractivity contribution in [3.05, 3.63) is 29.8 Å². The highest BCUT2D eigenvalue weighted by Crippen LogP contribution is 2.31. The summed E-state index contributed by atoms with van der Waals surface area (Å²) in [7, 11) is 3.97. The van der Waals surface area contributed by atoms with Crippen LogP contribution >= 0.6 is 0 Å². The van der Waals surface area contributed by atoms with Crippen LogP contribution in [0.4, 0.5) is 5.69 Å². The van der Waals surface area contributed by atoms with Crippen LogP contribution in [0.1, 0.15) is 11.9 Å². The van der Waals surface area contributed by atoms with Gasteiger partial charge in [0, 0.05) is 25.3 Å². The topological polar surface area (TPSA) is 62.2 Å². The highest BCUT2D eigenvalue weighted by molar-refractivity contribution is 5.46. The average molecular weight is 267 g/mol. The highest BCUT2D eigenvalue weighted by atomic mass is 16.7. The minimum absolute atomic E-state index is 0.143. The standard InChI is InChI=1S/C14H21NO4/c1-15(2)12-5-3-11(4-6-12)13-18-9-14(7-16,8-17)10-19-13/h3-6,13,16-17H,7-10H2,1-2H3. The summed E-state index contributed by atoms with van der Waals surface area (Å²) in [6.07, 6.45) is -0.428. The molecule has 1 aliphatic heterocycles. The van der Waals surface area contributed by atoms with Crippen molar-refractivity contribution < 1.29 is 19.7 Å². The van der Waals surface area contributed by atoms with Crippen LogP contribution in [-0.2, 0) is 9.47 Å². The van der Waals surface area contributed by atoms with Crippen LogP contribution in [-0.4, -0.2) is 50.7 Å². The molecule has 0 amide bonds. The zero-order valence-electron chi connectivity index (χ0n) is 11.4. The minimum atomic E-state index is -0.680. The number of hydrogen-bond acceptors (Lipinski definition) is 5. The first-order valence-electron chi connectivity index (χ1n) is 6.32. The fraction of sp³-hybridized carbons (Fsp3) is 0.571. The van der Waals surface area contributed by atoms with Gasteiger partial charge in [0.15, 0.2) is 6.29 Å². The van der Waals surface area contributed by atoms with Crippen LogP contribution in [0.25, 0.3) is 0 Å². The molecule has 0 spiro atoms. The summed E-state index contributed by atoms with van der Waals surface area (Å²) in [5.74, 6) is 0. The van der Waals surface area contributed by atoms with Crippen molar-refractivity contribution in [2.45, 2.75) is 6.29 Å². The van der Waals surface area contributed by atoms with E-state index in [9.17, 15) is 10.2 Å². The van der Waals surface area contributed by atoms with E-state index in [2.05, 4.69) is 0 Å². The molecule has 0 radical (unpaired) electrons. The van der Waals surface area contributed by atoms with Gasteiger partial charge in [0.05, 0.1) is 31.8 Å². The van der Waals surface area contributed by atoms with Gasteiger partial charge in [0.25, 0.3) is 0 Å². The zero-order chi connectivity index (χ0) is 13.9. The molecule has 0 bridgehead atoms. The molecule has 19 heavy (non-hydrogen) atoms. The van der Waals surface area contributed by atoms with Gasteiger partial charge in [-0.2, -0.15) is 0 Å². The monoisotopic (exact) mass is 267 g/mol. The predicted molar refractivity (Wildman–Crippen MR) is 72.0 cm³/mol. The molecule has 5 heteroatoms. The Balaban J connectivity index is 2.01. The van der Waals surface area contributed by atoms with E-state index in [-0.39, 0.29) is 13.2 Å². The van der Waals surface area contributed by atoms with E-state index >= 15 is 0 Å². The first-order valence-corrected chi connectivity index (χ1v) is 6.32. The molecule has 0 aromatic heterocycles. The van der Waals surface area contributed by atoms with E-state index < -0.39 is 11.7 Å². The average Bonchev–Trinajstić information content (AvgIpc) is 2.47. The van der Waals surface area contributed by atoms with Crippen LogP contribution in [0.5, 0.6) is 0 Å². The van der Waals surface area contributed by atoms with Gasteiger partial charge >= 0.3 is 0 Å². The molecule has 0 saturated carbocycles. The summed E-state index contributed by atoms with van der Waals surface area (Å²) < 4.78 is 11.2. The summed E-state index contributed by atoms with van der Waals surface area (Å²) in [6.45, 7) is 0.297. The van der Waals surface area contributed by atoms with E-state index in [0.29, 0.717) is 13.2 Å². The molecule has 1 aromatic carbocycles. The SMILES string of the molecule is CN(C)c1ccc(C2OCC(CO)(CO)CO2)cc1. The largest absolute Gasteiger partial charge is 0.396 e. The lowest BCUT2D eigenvalue weighted by atomic mass is 9.91. The number of nitrogens with zero attached hydrogens (tertiary/aromatic N) is 1. The van der Waals surface area contributed by atoms with Crippen molar-refractivity contribution in [3.8, 4) is 0 Å². The molecular formula is C14H21NO4. The molecular weight excluding hydrogens is 246 g/mol. The maximum absolute atomic E-state index is 9.27. The number of aliphatic hydroxyl groups is 2. The highest BCUT2D eigenvalue weighted by Gasteiger charge is 2.36. The fourth-order valence-corrected chi connectivity index (χ4v) is 1.95. The number of hydrogen-bond donors (Lipinski definition) is 2. The Morgan fingerprint density at radius 2 is 1.63 bits per heavy atom. The summed E-state index contributed by atoms with van der Waals surface area (Å²) in [5.41, 5.74) is 1.37. The number of benzene rings is 1. The van der Waals surface area contributed by atoms with Gasteiger partial charge in [-0.05, 0) is 12.1 Å². The molecule has 5 nitrogen and oxygen atoms in total. The first-order chi connectivity index (χ1) is 9.10. The minimum Gasteiger partial charge on any atom is -0.396 e. The molecule has 0 atom stereocenters. The number of rotatable bonds is 4. The van der Waals surface area contributed by atoms with Crippen LogP contribution < -0.4 is 4.90 Å². The second kappa shape index (κ2) is 5.88. The van der Waals surface area contributed by atoms with Crippen molar-refractivity contribution in [2.24, 2.45) is 5.41 Å². The van der Waals surface area contributed by atoms with Crippen LogP contribution in [0.2, 0.25) is 0 Å². The Hall–Kier alpha value is -1.14. The third-order valence-electron chi connectivity index (χ3n) is 3.43. The van der Waals surface area contributed by atoms with Gasteiger partial charge in [0.1, 0.15) is 0 Å². The third kappa shape index (κ3) is 3.06. The van der Waals surface area contributed by atoms with E-state index in [4.69, 9.17) is 9.47 Å². The van der Waals surface area contributed by atoms with Gasteiger partial charge in [-0.1, -0.05) is 12.1 Å². The van der Waals surface area contributed by atoms with Crippen molar-refractivity contribution in [3.63, 3.8) is 0 Å². The van der Waals surface area contributed by atoms with Crippen molar-refractivity contribution in [1.82, 2.24) is 0 Å². The van der Waals surface area contributed by atoms with Gasteiger partial charge in [-0.3, -0.25) is 0 Å². The number of ether oxygens (including phenoxy) is 2. The lowest BCUT2D eigenvalue weighted by Gasteiger charge is -2.37. The van der Waals surface area contributed by atoms with E-state index in [1.165, 1.54) is 0 Å². The third-order valence-corrected chi connectivity index (χ3v) is 3.43. The van der Waals surface area contributed by atoms with Crippen LogP contribution in [0.3, 0.4) is 0 Å². The maximum Gasteiger partial charge on any atom is 0.183 e. The molecule has 1 aliphatic rings. The predicted octanol–water partition coefficient (Wildman–Crippen LogP) is 0.769. The number of anilines is 1. The molecule has 106 valence electrons. The van der Waals surface area contributed by atoms with Crippen molar-refractivity contribution in [1.29, 1.82) is 0 Å². The molecule has 1 aromatic rings. The molecule has 1 saturated heterocycles.